The summed E-state index contributed by atoms with van der Waals surface area (Å²) in [6, 6.07) is 9.56. The first-order chi connectivity index (χ1) is 13.9. The zero-order chi connectivity index (χ0) is 20.6. The van der Waals surface area contributed by atoms with Crippen molar-refractivity contribution < 1.29 is 28.2 Å². The van der Waals surface area contributed by atoms with Crippen molar-refractivity contribution in [1.82, 2.24) is 10.2 Å². The Hall–Kier alpha value is -3.62. The Kier molecular flexibility index (Phi) is 4.57. The Bertz CT molecular complexity index is 994. The molecule has 0 bridgehead atoms. The van der Waals surface area contributed by atoms with Crippen LogP contribution >= 0.6 is 0 Å². The molecule has 2 aliphatic rings. The molecule has 0 radical (unpaired) electrons. The van der Waals surface area contributed by atoms with Crippen molar-refractivity contribution in [2.24, 2.45) is 0 Å². The molecule has 0 saturated carbocycles. The van der Waals surface area contributed by atoms with Crippen molar-refractivity contribution in [3.8, 4) is 11.5 Å². The van der Waals surface area contributed by atoms with Gasteiger partial charge in [0.2, 0.25) is 12.7 Å². The number of anilines is 1. The number of ether oxygens (including phenoxy) is 2. The van der Waals surface area contributed by atoms with Gasteiger partial charge in [-0.1, -0.05) is 19.1 Å². The van der Waals surface area contributed by atoms with Crippen LogP contribution in [-0.2, 0) is 15.1 Å². The maximum absolute atomic E-state index is 13.3. The summed E-state index contributed by atoms with van der Waals surface area (Å²) in [7, 11) is 0. The van der Waals surface area contributed by atoms with Gasteiger partial charge in [-0.25, -0.2) is 9.18 Å². The Labute approximate surface area is 165 Å². The number of carbonyl (C=O) groups excluding carboxylic acids is 3. The standard InChI is InChI=1S/C20H18FN3O5/c1-2-20(12-3-5-13(21)6-4-12)18(26)24(19(27)23-20)10-17(25)22-14-7-8-15-16(9-14)29-11-28-15/h3-9H,2,10-11H2,1H3,(H,22,25)(H,23,27)/t20-/m1/s1. The predicted molar refractivity (Wildman–Crippen MR) is 99.8 cm³/mol. The van der Waals surface area contributed by atoms with Gasteiger partial charge in [0.1, 0.15) is 17.9 Å². The van der Waals surface area contributed by atoms with Crippen LogP contribution in [0, 0.1) is 5.82 Å². The van der Waals surface area contributed by atoms with E-state index in [9.17, 15) is 18.8 Å². The zero-order valence-corrected chi connectivity index (χ0v) is 15.5. The van der Waals surface area contributed by atoms with Crippen molar-refractivity contribution in [1.29, 1.82) is 0 Å². The maximum Gasteiger partial charge on any atom is 0.325 e. The van der Waals surface area contributed by atoms with E-state index in [2.05, 4.69) is 10.6 Å². The quantitative estimate of drug-likeness (QED) is 0.753. The van der Waals surface area contributed by atoms with Crippen LogP contribution in [0.2, 0.25) is 0 Å². The van der Waals surface area contributed by atoms with Crippen molar-refractivity contribution in [2.45, 2.75) is 18.9 Å². The van der Waals surface area contributed by atoms with Crippen LogP contribution < -0.4 is 20.1 Å². The number of nitrogens with one attached hydrogen (secondary N) is 2. The van der Waals surface area contributed by atoms with E-state index >= 15 is 0 Å². The van der Waals surface area contributed by atoms with Gasteiger partial charge in [0, 0.05) is 11.8 Å². The Morgan fingerprint density at radius 3 is 2.62 bits per heavy atom. The number of amides is 4. The lowest BCUT2D eigenvalue weighted by molar-refractivity contribution is -0.134. The number of imide groups is 1. The summed E-state index contributed by atoms with van der Waals surface area (Å²) in [5, 5.41) is 5.29. The zero-order valence-electron chi connectivity index (χ0n) is 15.5. The number of urea groups is 1. The third-order valence-electron chi connectivity index (χ3n) is 5.00. The summed E-state index contributed by atoms with van der Waals surface area (Å²) in [6.07, 6.45) is 0.253. The monoisotopic (exact) mass is 399 g/mol. The molecule has 0 spiro atoms. The van der Waals surface area contributed by atoms with Crippen molar-refractivity contribution in [3.05, 3.63) is 53.8 Å². The SMILES string of the molecule is CC[C@]1(c2ccc(F)cc2)NC(=O)N(CC(=O)Nc2ccc3c(c2)OCO3)C1=O. The molecule has 0 aliphatic carbocycles. The predicted octanol–water partition coefficient (Wildman–Crippen LogP) is 2.35. The summed E-state index contributed by atoms with van der Waals surface area (Å²) in [4.78, 5) is 38.8. The summed E-state index contributed by atoms with van der Waals surface area (Å²) in [5.41, 5.74) is -0.422. The second-order valence-corrected chi connectivity index (χ2v) is 6.70. The molecule has 4 rings (SSSR count). The van der Waals surface area contributed by atoms with E-state index in [-0.39, 0.29) is 13.2 Å². The van der Waals surface area contributed by atoms with Crippen LogP contribution in [0.4, 0.5) is 14.9 Å². The van der Waals surface area contributed by atoms with Gasteiger partial charge in [-0.2, -0.15) is 0 Å². The number of carbonyl (C=O) groups is 3. The normalized spacial score (nSPS) is 20.0. The van der Waals surface area contributed by atoms with E-state index < -0.39 is 35.7 Å². The topological polar surface area (TPSA) is 97.0 Å². The van der Waals surface area contributed by atoms with Crippen LogP contribution in [0.15, 0.2) is 42.5 Å². The average molecular weight is 399 g/mol. The molecule has 9 heteroatoms. The number of benzene rings is 2. The Morgan fingerprint density at radius 1 is 1.17 bits per heavy atom. The summed E-state index contributed by atoms with van der Waals surface area (Å²) in [6.45, 7) is 1.39. The first-order valence-corrected chi connectivity index (χ1v) is 9.02. The van der Waals surface area contributed by atoms with Gasteiger partial charge in [-0.3, -0.25) is 14.5 Å². The third-order valence-corrected chi connectivity index (χ3v) is 5.00. The molecule has 29 heavy (non-hydrogen) atoms. The molecule has 0 unspecified atom stereocenters. The first-order valence-electron chi connectivity index (χ1n) is 9.02. The van der Waals surface area contributed by atoms with Crippen LogP contribution in [0.5, 0.6) is 11.5 Å². The molecule has 8 nitrogen and oxygen atoms in total. The lowest BCUT2D eigenvalue weighted by Gasteiger charge is -2.25. The Balaban J connectivity index is 1.50. The molecule has 2 aliphatic heterocycles. The van der Waals surface area contributed by atoms with E-state index in [0.717, 1.165) is 4.90 Å². The van der Waals surface area contributed by atoms with Crippen LogP contribution in [0.3, 0.4) is 0 Å². The molecule has 150 valence electrons. The smallest absolute Gasteiger partial charge is 0.325 e. The van der Waals surface area contributed by atoms with Gasteiger partial charge < -0.3 is 20.1 Å². The second kappa shape index (κ2) is 7.08. The van der Waals surface area contributed by atoms with Crippen LogP contribution in [0.1, 0.15) is 18.9 Å². The molecule has 1 atom stereocenters. The number of hydrogen-bond donors (Lipinski definition) is 2. The first kappa shape index (κ1) is 18.7. The highest BCUT2D eigenvalue weighted by molar-refractivity contribution is 6.10. The van der Waals surface area contributed by atoms with E-state index in [0.29, 0.717) is 22.7 Å². The van der Waals surface area contributed by atoms with Crippen molar-refractivity contribution in [3.63, 3.8) is 0 Å². The van der Waals surface area contributed by atoms with Crippen molar-refractivity contribution in [2.75, 3.05) is 18.7 Å². The Morgan fingerprint density at radius 2 is 1.90 bits per heavy atom. The minimum Gasteiger partial charge on any atom is -0.454 e. The highest BCUT2D eigenvalue weighted by atomic mass is 19.1. The second-order valence-electron chi connectivity index (χ2n) is 6.70. The van der Waals surface area contributed by atoms with E-state index in [1.807, 2.05) is 0 Å². The lowest BCUT2D eigenvalue weighted by atomic mass is 9.87. The van der Waals surface area contributed by atoms with Gasteiger partial charge in [0.15, 0.2) is 11.5 Å². The molecular weight excluding hydrogens is 381 g/mol. The lowest BCUT2D eigenvalue weighted by Crippen LogP contribution is -2.44. The number of nitrogens with zero attached hydrogens (tertiary/aromatic N) is 1. The summed E-state index contributed by atoms with van der Waals surface area (Å²) in [5.74, 6) is -0.476. The molecular formula is C20H18FN3O5. The molecule has 2 N–H and O–H groups in total. The van der Waals surface area contributed by atoms with Crippen LogP contribution in [0.25, 0.3) is 0 Å². The highest BCUT2D eigenvalue weighted by Gasteiger charge is 2.51. The number of halogens is 1. The minimum atomic E-state index is -1.33. The van der Waals surface area contributed by atoms with Crippen LogP contribution in [-0.4, -0.2) is 36.1 Å². The fourth-order valence-corrected chi connectivity index (χ4v) is 3.46. The maximum atomic E-state index is 13.3. The molecule has 1 fully saturated rings. The van der Waals surface area contributed by atoms with Gasteiger partial charge in [0.25, 0.3) is 5.91 Å². The van der Waals surface area contributed by atoms with Gasteiger partial charge in [-0.05, 0) is 36.2 Å². The molecule has 2 heterocycles. The molecule has 1 saturated heterocycles. The molecule has 0 aromatic heterocycles. The molecule has 4 amide bonds. The largest absolute Gasteiger partial charge is 0.454 e. The number of rotatable bonds is 5. The van der Waals surface area contributed by atoms with E-state index in [4.69, 9.17) is 9.47 Å². The number of hydrogen-bond acceptors (Lipinski definition) is 5. The van der Waals surface area contributed by atoms with Gasteiger partial charge in [-0.15, -0.1) is 0 Å². The fraction of sp³-hybridized carbons (Fsp3) is 0.250. The fourth-order valence-electron chi connectivity index (χ4n) is 3.46. The van der Waals surface area contributed by atoms with Gasteiger partial charge >= 0.3 is 6.03 Å². The highest BCUT2D eigenvalue weighted by Crippen LogP contribution is 2.35. The average Bonchev–Trinajstić information content (AvgIpc) is 3.26. The van der Waals surface area contributed by atoms with E-state index in [1.54, 1.807) is 25.1 Å². The summed E-state index contributed by atoms with van der Waals surface area (Å²) < 4.78 is 23.7. The summed E-state index contributed by atoms with van der Waals surface area (Å²) >= 11 is 0. The van der Waals surface area contributed by atoms with Crippen molar-refractivity contribution >= 4 is 23.5 Å². The van der Waals surface area contributed by atoms with E-state index in [1.165, 1.54) is 24.3 Å². The number of fused-ring (bicyclic) bond motifs is 1. The minimum absolute atomic E-state index is 0.109. The molecule has 2 aromatic rings. The molecule has 2 aromatic carbocycles. The van der Waals surface area contributed by atoms with Gasteiger partial charge in [0.05, 0.1) is 0 Å². The third kappa shape index (κ3) is 3.24.